The van der Waals surface area contributed by atoms with Crippen molar-refractivity contribution in [3.63, 3.8) is 0 Å². The maximum absolute atomic E-state index is 13.0. The van der Waals surface area contributed by atoms with Gasteiger partial charge in [0.05, 0.1) is 7.11 Å². The SMILES string of the molecule is COc1ccc2c(c1)c(C(=O)CCC1CCN(Cc3ccccc3)CC1)cn2C. The summed E-state index contributed by atoms with van der Waals surface area (Å²) in [6, 6.07) is 16.6. The highest BCUT2D eigenvalue weighted by molar-refractivity contribution is 6.08. The highest BCUT2D eigenvalue weighted by Crippen LogP contribution is 2.28. The average molecular weight is 391 g/mol. The fraction of sp³-hybridized carbons (Fsp3) is 0.400. The maximum atomic E-state index is 13.0. The molecule has 0 saturated carbocycles. The van der Waals surface area contributed by atoms with Crippen LogP contribution in [-0.4, -0.2) is 35.4 Å². The second kappa shape index (κ2) is 8.83. The van der Waals surface area contributed by atoms with Crippen molar-refractivity contribution in [1.29, 1.82) is 0 Å². The van der Waals surface area contributed by atoms with Crippen LogP contribution in [0.25, 0.3) is 10.9 Å². The van der Waals surface area contributed by atoms with E-state index in [-0.39, 0.29) is 5.78 Å². The molecule has 152 valence electrons. The Kier molecular flexibility index (Phi) is 6.00. The van der Waals surface area contributed by atoms with Crippen molar-refractivity contribution < 1.29 is 9.53 Å². The van der Waals surface area contributed by atoms with Gasteiger partial charge in [-0.1, -0.05) is 30.3 Å². The molecule has 1 saturated heterocycles. The largest absolute Gasteiger partial charge is 0.497 e. The third kappa shape index (κ3) is 4.54. The van der Waals surface area contributed by atoms with Gasteiger partial charge in [0.25, 0.3) is 0 Å². The molecule has 2 aromatic carbocycles. The molecule has 1 aliphatic rings. The zero-order valence-electron chi connectivity index (χ0n) is 17.4. The first-order valence-electron chi connectivity index (χ1n) is 10.6. The lowest BCUT2D eigenvalue weighted by Gasteiger charge is -2.31. The number of benzene rings is 2. The van der Waals surface area contributed by atoms with Gasteiger partial charge in [-0.15, -0.1) is 0 Å². The predicted molar refractivity (Wildman–Crippen MR) is 117 cm³/mol. The summed E-state index contributed by atoms with van der Waals surface area (Å²) in [6.07, 6.45) is 5.94. The summed E-state index contributed by atoms with van der Waals surface area (Å²) in [5, 5.41) is 0.995. The summed E-state index contributed by atoms with van der Waals surface area (Å²) in [4.78, 5) is 15.5. The monoisotopic (exact) mass is 390 g/mol. The quantitative estimate of drug-likeness (QED) is 0.529. The molecule has 3 aromatic rings. The first-order chi connectivity index (χ1) is 14.1. The van der Waals surface area contributed by atoms with Crippen LogP contribution in [0.15, 0.2) is 54.7 Å². The lowest BCUT2D eigenvalue weighted by atomic mass is 9.90. The third-order valence-corrected chi connectivity index (χ3v) is 6.23. The Labute approximate surface area is 173 Å². The van der Waals surface area contributed by atoms with Gasteiger partial charge in [0.2, 0.25) is 0 Å². The average Bonchev–Trinajstić information content (AvgIpc) is 3.09. The molecule has 4 nitrogen and oxygen atoms in total. The van der Waals surface area contributed by atoms with Gasteiger partial charge >= 0.3 is 0 Å². The minimum atomic E-state index is 0.246. The number of nitrogens with zero attached hydrogens (tertiary/aromatic N) is 2. The van der Waals surface area contributed by atoms with E-state index in [4.69, 9.17) is 4.74 Å². The highest BCUT2D eigenvalue weighted by atomic mass is 16.5. The fourth-order valence-corrected chi connectivity index (χ4v) is 4.47. The van der Waals surface area contributed by atoms with Gasteiger partial charge in [0.15, 0.2) is 5.78 Å². The summed E-state index contributed by atoms with van der Waals surface area (Å²) in [7, 11) is 3.66. The van der Waals surface area contributed by atoms with E-state index < -0.39 is 0 Å². The normalized spacial score (nSPS) is 15.7. The summed E-state index contributed by atoms with van der Waals surface area (Å²) in [6.45, 7) is 3.28. The van der Waals surface area contributed by atoms with E-state index in [9.17, 15) is 4.79 Å². The van der Waals surface area contributed by atoms with Crippen LogP contribution in [0, 0.1) is 5.92 Å². The summed E-state index contributed by atoms with van der Waals surface area (Å²) in [5.74, 6) is 1.69. The molecule has 0 bridgehead atoms. The summed E-state index contributed by atoms with van der Waals surface area (Å²) >= 11 is 0. The fourth-order valence-electron chi connectivity index (χ4n) is 4.47. The van der Waals surface area contributed by atoms with Crippen molar-refractivity contribution in [2.75, 3.05) is 20.2 Å². The molecule has 0 atom stereocenters. The number of Topliss-reactive ketones (excluding diaryl/α,β-unsaturated/α-hetero) is 1. The van der Waals surface area contributed by atoms with E-state index in [1.165, 1.54) is 18.4 Å². The van der Waals surface area contributed by atoms with Crippen LogP contribution in [0.1, 0.15) is 41.6 Å². The Bertz CT molecular complexity index is 969. The van der Waals surface area contributed by atoms with E-state index in [0.717, 1.165) is 48.3 Å². The maximum Gasteiger partial charge on any atom is 0.165 e. The molecule has 1 aliphatic heterocycles. The molecule has 0 N–H and O–H groups in total. The van der Waals surface area contributed by atoms with E-state index in [0.29, 0.717) is 12.3 Å². The number of hydrogen-bond donors (Lipinski definition) is 0. The molecule has 0 aliphatic carbocycles. The van der Waals surface area contributed by atoms with Gasteiger partial charge in [-0.2, -0.15) is 0 Å². The van der Waals surface area contributed by atoms with Gasteiger partial charge in [0, 0.05) is 42.7 Å². The number of methoxy groups -OCH3 is 1. The summed E-state index contributed by atoms with van der Waals surface area (Å²) in [5.41, 5.74) is 3.28. The van der Waals surface area contributed by atoms with Crippen molar-refractivity contribution in [2.24, 2.45) is 13.0 Å². The number of aromatic nitrogens is 1. The molecular weight excluding hydrogens is 360 g/mol. The van der Waals surface area contributed by atoms with Crippen molar-refractivity contribution in [1.82, 2.24) is 9.47 Å². The van der Waals surface area contributed by atoms with Gasteiger partial charge in [0.1, 0.15) is 5.75 Å². The molecule has 29 heavy (non-hydrogen) atoms. The highest BCUT2D eigenvalue weighted by Gasteiger charge is 2.21. The summed E-state index contributed by atoms with van der Waals surface area (Å²) < 4.78 is 7.38. The van der Waals surface area contributed by atoms with Crippen LogP contribution in [0.2, 0.25) is 0 Å². The molecule has 0 spiro atoms. The van der Waals surface area contributed by atoms with Gasteiger partial charge < -0.3 is 9.30 Å². The molecule has 1 aromatic heterocycles. The number of carbonyl (C=O) groups is 1. The standard InChI is InChI=1S/C25H30N2O2/c1-26-18-23(22-16-21(29-2)9-10-24(22)26)25(28)11-8-19-12-14-27(15-13-19)17-20-6-4-3-5-7-20/h3-7,9-10,16,18-19H,8,11-15,17H2,1-2H3. The number of aryl methyl sites for hydroxylation is 1. The first kappa shape index (κ1) is 19.7. The van der Waals surface area contributed by atoms with Crippen LogP contribution >= 0.6 is 0 Å². The molecular formula is C25H30N2O2. The Balaban J connectivity index is 1.32. The van der Waals surface area contributed by atoms with Crippen LogP contribution < -0.4 is 4.74 Å². The minimum Gasteiger partial charge on any atom is -0.497 e. The van der Waals surface area contributed by atoms with Gasteiger partial charge in [-0.05, 0) is 62.0 Å². The first-order valence-corrected chi connectivity index (χ1v) is 10.6. The van der Waals surface area contributed by atoms with Gasteiger partial charge in [-0.3, -0.25) is 9.69 Å². The van der Waals surface area contributed by atoms with Crippen molar-refractivity contribution in [2.45, 2.75) is 32.2 Å². The topological polar surface area (TPSA) is 34.5 Å². The Morgan fingerprint density at radius 3 is 2.59 bits per heavy atom. The Morgan fingerprint density at radius 2 is 1.86 bits per heavy atom. The number of likely N-dealkylation sites (tertiary alicyclic amines) is 1. The van der Waals surface area contributed by atoms with E-state index in [2.05, 4.69) is 35.2 Å². The second-order valence-electron chi connectivity index (χ2n) is 8.20. The van der Waals surface area contributed by atoms with Gasteiger partial charge in [-0.25, -0.2) is 0 Å². The second-order valence-corrected chi connectivity index (χ2v) is 8.20. The van der Waals surface area contributed by atoms with E-state index >= 15 is 0 Å². The van der Waals surface area contributed by atoms with Crippen LogP contribution in [0.4, 0.5) is 0 Å². The lowest BCUT2D eigenvalue weighted by Crippen LogP contribution is -2.33. The molecule has 2 heterocycles. The van der Waals surface area contributed by atoms with Crippen LogP contribution in [0.3, 0.4) is 0 Å². The minimum absolute atomic E-state index is 0.246. The molecule has 4 heteroatoms. The van der Waals surface area contributed by atoms with Crippen molar-refractivity contribution in [3.05, 3.63) is 65.9 Å². The molecule has 4 rings (SSSR count). The molecule has 0 amide bonds. The van der Waals surface area contributed by atoms with E-state index in [1.54, 1.807) is 7.11 Å². The smallest absolute Gasteiger partial charge is 0.165 e. The molecule has 0 unspecified atom stereocenters. The van der Waals surface area contributed by atoms with Crippen LogP contribution in [0.5, 0.6) is 5.75 Å². The number of piperidine rings is 1. The third-order valence-electron chi connectivity index (χ3n) is 6.23. The van der Waals surface area contributed by atoms with E-state index in [1.807, 2.05) is 36.0 Å². The Morgan fingerprint density at radius 1 is 1.10 bits per heavy atom. The lowest BCUT2D eigenvalue weighted by molar-refractivity contribution is 0.0963. The number of rotatable bonds is 7. The van der Waals surface area contributed by atoms with Crippen molar-refractivity contribution in [3.8, 4) is 5.75 Å². The van der Waals surface area contributed by atoms with Crippen molar-refractivity contribution >= 4 is 16.7 Å². The molecule has 1 fully saturated rings. The number of fused-ring (bicyclic) bond motifs is 1. The predicted octanol–water partition coefficient (Wildman–Crippen LogP) is 5.06. The van der Waals surface area contributed by atoms with Crippen LogP contribution in [-0.2, 0) is 13.6 Å². The number of ketones is 1. The zero-order chi connectivity index (χ0) is 20.2. The number of hydrogen-bond acceptors (Lipinski definition) is 3. The zero-order valence-corrected chi connectivity index (χ0v) is 17.4. The molecule has 0 radical (unpaired) electrons. The number of carbonyl (C=O) groups excluding carboxylic acids is 1. The Hall–Kier alpha value is -2.59. The number of ether oxygens (including phenoxy) is 1.